The highest BCUT2D eigenvalue weighted by molar-refractivity contribution is 9.10. The lowest BCUT2D eigenvalue weighted by Crippen LogP contribution is -2.62. The topological polar surface area (TPSA) is 48.5 Å². The fourth-order valence-corrected chi connectivity index (χ4v) is 2.72. The Morgan fingerprint density at radius 1 is 1.26 bits per heavy atom. The average molecular weight is 325 g/mol. The van der Waals surface area contributed by atoms with Gasteiger partial charge in [0.25, 0.3) is 5.91 Å². The summed E-state index contributed by atoms with van der Waals surface area (Å²) in [5, 5.41) is 3.29. The van der Waals surface area contributed by atoms with Crippen LogP contribution in [0.15, 0.2) is 22.8 Å². The van der Waals surface area contributed by atoms with Crippen molar-refractivity contribution in [2.75, 3.05) is 39.3 Å². The summed E-state index contributed by atoms with van der Waals surface area (Å²) in [6.45, 7) is 5.70. The Kier molecular flexibility index (Phi) is 3.81. The molecule has 1 N–H and O–H groups in total. The van der Waals surface area contributed by atoms with Crippen LogP contribution in [0.3, 0.4) is 0 Å². The van der Waals surface area contributed by atoms with Crippen LogP contribution in [0.25, 0.3) is 0 Å². The Morgan fingerprint density at radius 2 is 2.00 bits per heavy atom. The Morgan fingerprint density at radius 3 is 2.53 bits per heavy atom. The van der Waals surface area contributed by atoms with Gasteiger partial charge in [0, 0.05) is 56.0 Å². The van der Waals surface area contributed by atoms with Crippen LogP contribution < -0.4 is 5.32 Å². The van der Waals surface area contributed by atoms with Crippen LogP contribution in [-0.4, -0.2) is 66.0 Å². The smallest absolute Gasteiger partial charge is 0.272 e. The summed E-state index contributed by atoms with van der Waals surface area (Å²) in [7, 11) is 0. The molecule has 19 heavy (non-hydrogen) atoms. The lowest BCUT2D eigenvalue weighted by molar-refractivity contribution is 0.0497. The summed E-state index contributed by atoms with van der Waals surface area (Å²) in [5.41, 5.74) is 0.530. The molecule has 2 fully saturated rings. The molecule has 0 aromatic carbocycles. The molecule has 3 rings (SSSR count). The van der Waals surface area contributed by atoms with Crippen LogP contribution >= 0.6 is 15.9 Å². The first-order valence-electron chi connectivity index (χ1n) is 6.59. The molecule has 2 saturated heterocycles. The second-order valence-corrected chi connectivity index (χ2v) is 5.92. The lowest BCUT2D eigenvalue weighted by atomic mass is 10.1. The van der Waals surface area contributed by atoms with Gasteiger partial charge in [-0.2, -0.15) is 0 Å². The van der Waals surface area contributed by atoms with E-state index in [4.69, 9.17) is 0 Å². The third kappa shape index (κ3) is 2.80. The summed E-state index contributed by atoms with van der Waals surface area (Å²) in [5.74, 6) is 0.0406. The van der Waals surface area contributed by atoms with Gasteiger partial charge in [-0.3, -0.25) is 9.69 Å². The lowest BCUT2D eigenvalue weighted by Gasteiger charge is -2.43. The summed E-state index contributed by atoms with van der Waals surface area (Å²) in [6, 6.07) is 4.30. The van der Waals surface area contributed by atoms with Crippen molar-refractivity contribution in [3.8, 4) is 0 Å². The maximum absolute atomic E-state index is 12.3. The molecule has 102 valence electrons. The van der Waals surface area contributed by atoms with Crippen LogP contribution in [0.5, 0.6) is 0 Å². The van der Waals surface area contributed by atoms with Crippen molar-refractivity contribution in [1.82, 2.24) is 20.1 Å². The normalized spacial score (nSPS) is 21.2. The summed E-state index contributed by atoms with van der Waals surface area (Å²) >= 11 is 3.33. The molecular weight excluding hydrogens is 308 g/mol. The standard InChI is InChI=1S/C13H17BrN4O/c14-10-1-2-12(16-7-10)13(19)18-5-3-17(4-6-18)11-8-15-9-11/h1-2,7,11,15H,3-6,8-9H2. The molecule has 0 unspecified atom stereocenters. The van der Waals surface area contributed by atoms with Crippen molar-refractivity contribution in [1.29, 1.82) is 0 Å². The number of hydrogen-bond acceptors (Lipinski definition) is 4. The van der Waals surface area contributed by atoms with Gasteiger partial charge in [-0.25, -0.2) is 4.98 Å². The van der Waals surface area contributed by atoms with Gasteiger partial charge in [-0.15, -0.1) is 0 Å². The van der Waals surface area contributed by atoms with Crippen molar-refractivity contribution in [3.05, 3.63) is 28.5 Å². The van der Waals surface area contributed by atoms with E-state index in [0.717, 1.165) is 43.7 Å². The largest absolute Gasteiger partial charge is 0.335 e. The first-order chi connectivity index (χ1) is 9.24. The third-order valence-corrected chi connectivity index (χ3v) is 4.29. The van der Waals surface area contributed by atoms with E-state index >= 15 is 0 Å². The molecule has 1 aromatic rings. The minimum absolute atomic E-state index is 0.0406. The maximum atomic E-state index is 12.3. The number of amides is 1. The van der Waals surface area contributed by atoms with E-state index < -0.39 is 0 Å². The number of carbonyl (C=O) groups excluding carboxylic acids is 1. The van der Waals surface area contributed by atoms with E-state index in [9.17, 15) is 4.79 Å². The summed E-state index contributed by atoms with van der Waals surface area (Å²) < 4.78 is 0.895. The van der Waals surface area contributed by atoms with Gasteiger partial charge in [0.2, 0.25) is 0 Å². The predicted molar refractivity (Wildman–Crippen MR) is 76.1 cm³/mol. The van der Waals surface area contributed by atoms with E-state index in [2.05, 4.69) is 31.1 Å². The van der Waals surface area contributed by atoms with Crippen LogP contribution in [0.1, 0.15) is 10.5 Å². The highest BCUT2D eigenvalue weighted by Crippen LogP contribution is 2.13. The molecular formula is C13H17BrN4O. The van der Waals surface area contributed by atoms with Crippen LogP contribution in [-0.2, 0) is 0 Å². The number of rotatable bonds is 2. The fourth-order valence-electron chi connectivity index (χ4n) is 2.49. The molecule has 6 heteroatoms. The van der Waals surface area contributed by atoms with Gasteiger partial charge in [-0.1, -0.05) is 0 Å². The predicted octanol–water partition coefficient (Wildman–Crippen LogP) is 0.574. The highest BCUT2D eigenvalue weighted by atomic mass is 79.9. The van der Waals surface area contributed by atoms with Gasteiger partial charge in [0.1, 0.15) is 5.69 Å². The number of piperazine rings is 1. The molecule has 0 saturated carbocycles. The molecule has 1 aromatic heterocycles. The molecule has 0 bridgehead atoms. The number of nitrogens with one attached hydrogen (secondary N) is 1. The van der Waals surface area contributed by atoms with E-state index in [1.165, 1.54) is 0 Å². The number of hydrogen-bond donors (Lipinski definition) is 1. The first-order valence-corrected chi connectivity index (χ1v) is 7.39. The second-order valence-electron chi connectivity index (χ2n) is 5.00. The van der Waals surface area contributed by atoms with Crippen molar-refractivity contribution in [3.63, 3.8) is 0 Å². The number of pyridine rings is 1. The van der Waals surface area contributed by atoms with Crippen molar-refractivity contribution < 1.29 is 4.79 Å². The summed E-state index contributed by atoms with van der Waals surface area (Å²) in [4.78, 5) is 20.8. The van der Waals surface area contributed by atoms with Crippen LogP contribution in [0, 0.1) is 0 Å². The van der Waals surface area contributed by atoms with E-state index in [0.29, 0.717) is 11.7 Å². The van der Waals surface area contributed by atoms with Crippen molar-refractivity contribution >= 4 is 21.8 Å². The van der Waals surface area contributed by atoms with E-state index in [-0.39, 0.29) is 5.91 Å². The molecule has 0 radical (unpaired) electrons. The molecule has 1 amide bonds. The Labute approximate surface area is 121 Å². The first kappa shape index (κ1) is 13.0. The van der Waals surface area contributed by atoms with Crippen LogP contribution in [0.4, 0.5) is 0 Å². The van der Waals surface area contributed by atoms with Gasteiger partial charge < -0.3 is 10.2 Å². The Bertz CT molecular complexity index is 452. The molecule has 5 nitrogen and oxygen atoms in total. The molecule has 3 heterocycles. The fraction of sp³-hybridized carbons (Fsp3) is 0.538. The Balaban J connectivity index is 1.58. The van der Waals surface area contributed by atoms with Gasteiger partial charge >= 0.3 is 0 Å². The minimum Gasteiger partial charge on any atom is -0.335 e. The third-order valence-electron chi connectivity index (χ3n) is 3.82. The van der Waals surface area contributed by atoms with E-state index in [1.807, 2.05) is 11.0 Å². The average Bonchev–Trinajstić information content (AvgIpc) is 2.38. The number of nitrogens with zero attached hydrogens (tertiary/aromatic N) is 3. The molecule has 2 aliphatic rings. The zero-order valence-corrected chi connectivity index (χ0v) is 12.3. The molecule has 0 spiro atoms. The van der Waals surface area contributed by atoms with Gasteiger partial charge in [0.15, 0.2) is 0 Å². The second kappa shape index (κ2) is 5.56. The van der Waals surface area contributed by atoms with Crippen molar-refractivity contribution in [2.24, 2.45) is 0 Å². The van der Waals surface area contributed by atoms with Gasteiger partial charge in [-0.05, 0) is 28.1 Å². The summed E-state index contributed by atoms with van der Waals surface area (Å²) in [6.07, 6.45) is 1.67. The van der Waals surface area contributed by atoms with E-state index in [1.54, 1.807) is 12.3 Å². The zero-order chi connectivity index (χ0) is 13.2. The SMILES string of the molecule is O=C(c1ccc(Br)cn1)N1CCN(C2CNC2)CC1. The number of aromatic nitrogens is 1. The monoisotopic (exact) mass is 324 g/mol. The number of carbonyl (C=O) groups is 1. The van der Waals surface area contributed by atoms with Crippen LogP contribution in [0.2, 0.25) is 0 Å². The molecule has 0 aliphatic carbocycles. The number of halogens is 1. The Hall–Kier alpha value is -0.980. The molecule has 2 aliphatic heterocycles. The van der Waals surface area contributed by atoms with Gasteiger partial charge in [0.05, 0.1) is 0 Å². The quantitative estimate of drug-likeness (QED) is 0.864. The zero-order valence-electron chi connectivity index (χ0n) is 10.7. The van der Waals surface area contributed by atoms with Crippen molar-refractivity contribution in [2.45, 2.75) is 6.04 Å². The minimum atomic E-state index is 0.0406. The maximum Gasteiger partial charge on any atom is 0.272 e. The molecule has 0 atom stereocenters. The highest BCUT2D eigenvalue weighted by Gasteiger charge is 2.29.